The zero-order valence-electron chi connectivity index (χ0n) is 30.0. The molecule has 1 unspecified atom stereocenters. The summed E-state index contributed by atoms with van der Waals surface area (Å²) in [4.78, 5) is 5.27. The Balaban J connectivity index is 1.03. The number of aromatic nitrogens is 1. The Hall–Kier alpha value is -6.55. The number of hydrogen-bond donors (Lipinski definition) is 0. The Morgan fingerprint density at radius 3 is 1.80 bits per heavy atom. The van der Waals surface area contributed by atoms with Crippen LogP contribution in [0.25, 0.3) is 70.6 Å². The van der Waals surface area contributed by atoms with Crippen LogP contribution in [-0.4, -0.2) is 4.57 Å². The van der Waals surface area contributed by atoms with Crippen LogP contribution in [0.4, 0.5) is 11.4 Å². The van der Waals surface area contributed by atoms with Crippen molar-refractivity contribution in [2.45, 2.75) is 17.2 Å². The van der Waals surface area contributed by atoms with Gasteiger partial charge in [0.1, 0.15) is 0 Å². The number of hydrogen-bond acceptors (Lipinski definition) is 2. The highest BCUT2D eigenvalue weighted by Crippen LogP contribution is 2.54. The second-order valence-corrected chi connectivity index (χ2v) is 16.0. The van der Waals surface area contributed by atoms with Crippen LogP contribution in [-0.2, 0) is 0 Å². The molecule has 1 aromatic heterocycles. The lowest BCUT2D eigenvalue weighted by molar-refractivity contribution is 0.828. The molecule has 0 saturated carbocycles. The van der Waals surface area contributed by atoms with Crippen molar-refractivity contribution in [2.24, 2.45) is 0 Å². The molecule has 9 aromatic carbocycles. The van der Waals surface area contributed by atoms with E-state index in [-0.39, 0.29) is 5.92 Å². The van der Waals surface area contributed by atoms with E-state index in [9.17, 15) is 0 Å². The van der Waals surface area contributed by atoms with Gasteiger partial charge in [-0.3, -0.25) is 0 Å². The van der Waals surface area contributed by atoms with E-state index < -0.39 is 0 Å². The summed E-state index contributed by atoms with van der Waals surface area (Å²) >= 11 is 1.97. The smallest absolute Gasteiger partial charge is 0.0608 e. The summed E-state index contributed by atoms with van der Waals surface area (Å²) in [5.41, 5.74) is 8.79. The van der Waals surface area contributed by atoms with E-state index in [1.54, 1.807) is 0 Å². The van der Waals surface area contributed by atoms with Gasteiger partial charge in [-0.15, -0.1) is 0 Å². The molecule has 0 spiro atoms. The Morgan fingerprint density at radius 1 is 0.436 bits per heavy atom. The lowest BCUT2D eigenvalue weighted by Gasteiger charge is -2.37. The van der Waals surface area contributed by atoms with Crippen molar-refractivity contribution in [1.82, 2.24) is 4.57 Å². The average Bonchev–Trinajstić information content (AvgIpc) is 3.56. The first-order valence-corrected chi connectivity index (χ1v) is 19.9. The minimum atomic E-state index is 0.248. The van der Waals surface area contributed by atoms with Crippen molar-refractivity contribution in [3.63, 3.8) is 0 Å². The minimum Gasteiger partial charge on any atom is -0.309 e. The highest BCUT2D eigenvalue weighted by Gasteiger charge is 2.32. The third kappa shape index (κ3) is 4.70. The number of benzene rings is 9. The molecule has 1 aliphatic heterocycles. The van der Waals surface area contributed by atoms with Crippen LogP contribution in [0.5, 0.6) is 0 Å². The lowest BCUT2D eigenvalue weighted by Crippen LogP contribution is -2.23. The van der Waals surface area contributed by atoms with Crippen LogP contribution in [0.1, 0.15) is 17.9 Å². The average molecular weight is 719 g/mol. The van der Waals surface area contributed by atoms with Gasteiger partial charge in [0.05, 0.1) is 33.8 Å². The zero-order valence-corrected chi connectivity index (χ0v) is 30.8. The molecule has 0 amide bonds. The summed E-state index contributed by atoms with van der Waals surface area (Å²) in [6, 6.07) is 65.1. The molecular formula is C52H34N2S. The fourth-order valence-electron chi connectivity index (χ4n) is 9.24. The van der Waals surface area contributed by atoms with E-state index in [4.69, 9.17) is 0 Å². The fourth-order valence-corrected chi connectivity index (χ4v) is 10.6. The zero-order chi connectivity index (χ0) is 36.0. The number of thioether (sulfide) groups is 1. The molecule has 0 bridgehead atoms. The molecule has 10 aromatic rings. The standard InChI is InChI=1S/C52H34N2S/c1-2-15-37-31-50-44(29-36(37)14-1)43-30-38(24-26-47(43)53(50)45-21-9-16-33-11-3-6-18-40(33)45)39-25-27-48-51(32-39)55-52-42-20-8-5-13-35(42)23-28-49(52)54(48)46-22-10-17-34-12-4-7-19-41(34)46/h1-31,39H,32H2. The number of rotatable bonds is 3. The minimum absolute atomic E-state index is 0.248. The lowest BCUT2D eigenvalue weighted by atomic mass is 9.89. The van der Waals surface area contributed by atoms with Gasteiger partial charge in [0, 0.05) is 37.3 Å². The van der Waals surface area contributed by atoms with Gasteiger partial charge in [-0.1, -0.05) is 151 Å². The summed E-state index contributed by atoms with van der Waals surface area (Å²) < 4.78 is 2.49. The summed E-state index contributed by atoms with van der Waals surface area (Å²) in [7, 11) is 0. The van der Waals surface area contributed by atoms with E-state index in [0.29, 0.717) is 0 Å². The van der Waals surface area contributed by atoms with Crippen LogP contribution in [0, 0.1) is 0 Å². The van der Waals surface area contributed by atoms with Crippen LogP contribution >= 0.6 is 11.8 Å². The highest BCUT2D eigenvalue weighted by molar-refractivity contribution is 8.03. The van der Waals surface area contributed by atoms with Crippen LogP contribution < -0.4 is 4.90 Å². The summed E-state index contributed by atoms with van der Waals surface area (Å²) in [5.74, 6) is 0.248. The number of fused-ring (bicyclic) bond motifs is 9. The Kier molecular flexibility index (Phi) is 6.72. The third-order valence-corrected chi connectivity index (χ3v) is 13.1. The molecule has 12 rings (SSSR count). The Morgan fingerprint density at radius 2 is 1.04 bits per heavy atom. The van der Waals surface area contributed by atoms with Crippen molar-refractivity contribution in [2.75, 3.05) is 4.90 Å². The van der Waals surface area contributed by atoms with E-state index in [0.717, 1.165) is 6.42 Å². The van der Waals surface area contributed by atoms with Crippen molar-refractivity contribution in [3.05, 3.63) is 204 Å². The summed E-state index contributed by atoms with van der Waals surface area (Å²) in [6.07, 6.45) is 5.79. The second-order valence-electron chi connectivity index (χ2n) is 14.9. The summed E-state index contributed by atoms with van der Waals surface area (Å²) in [6.45, 7) is 0. The predicted molar refractivity (Wildman–Crippen MR) is 235 cm³/mol. The van der Waals surface area contributed by atoms with Gasteiger partial charge >= 0.3 is 0 Å². The van der Waals surface area contributed by atoms with E-state index in [2.05, 4.69) is 198 Å². The van der Waals surface area contributed by atoms with Gasteiger partial charge in [-0.05, 0) is 92.8 Å². The number of nitrogens with zero attached hydrogens (tertiary/aromatic N) is 2. The monoisotopic (exact) mass is 718 g/mol. The quantitative estimate of drug-likeness (QED) is 0.180. The SMILES string of the molecule is C1=CC(c2ccc3c(c2)c2cc4ccccc4cc2n3-c2cccc3ccccc23)CC2=C1N(c1cccc3ccccc13)c1ccc3ccccc3c1S2. The third-order valence-electron chi connectivity index (χ3n) is 11.8. The van der Waals surface area contributed by atoms with Gasteiger partial charge in [0.15, 0.2) is 0 Å². The topological polar surface area (TPSA) is 8.17 Å². The molecule has 3 heteroatoms. The molecule has 2 nitrogen and oxygen atoms in total. The molecule has 1 atom stereocenters. The molecule has 0 fully saturated rings. The number of allylic oxidation sites excluding steroid dienone is 3. The van der Waals surface area contributed by atoms with Crippen molar-refractivity contribution >= 4 is 88.0 Å². The largest absolute Gasteiger partial charge is 0.309 e. The van der Waals surface area contributed by atoms with Crippen molar-refractivity contribution in [3.8, 4) is 5.69 Å². The maximum absolute atomic E-state index is 2.52. The highest BCUT2D eigenvalue weighted by atomic mass is 32.2. The van der Waals surface area contributed by atoms with Crippen molar-refractivity contribution in [1.29, 1.82) is 0 Å². The van der Waals surface area contributed by atoms with Gasteiger partial charge in [-0.25, -0.2) is 0 Å². The van der Waals surface area contributed by atoms with Gasteiger partial charge in [0.2, 0.25) is 0 Å². The fraction of sp³-hybridized carbons (Fsp3) is 0.0385. The van der Waals surface area contributed by atoms with E-state index in [1.165, 1.54) is 103 Å². The van der Waals surface area contributed by atoms with E-state index in [1.807, 2.05) is 11.8 Å². The molecule has 258 valence electrons. The number of anilines is 2. The normalized spacial score (nSPS) is 15.5. The first kappa shape index (κ1) is 30.9. The molecule has 55 heavy (non-hydrogen) atoms. The Labute approximate surface area is 323 Å². The van der Waals surface area contributed by atoms with E-state index >= 15 is 0 Å². The predicted octanol–water partition coefficient (Wildman–Crippen LogP) is 14.6. The Bertz CT molecular complexity index is 3280. The molecule has 1 aliphatic carbocycles. The first-order chi connectivity index (χ1) is 27.3. The van der Waals surface area contributed by atoms with Gasteiger partial charge in [-0.2, -0.15) is 0 Å². The molecular weight excluding hydrogens is 685 g/mol. The molecule has 0 saturated heterocycles. The first-order valence-electron chi connectivity index (χ1n) is 19.1. The molecule has 2 heterocycles. The molecule has 2 aliphatic rings. The van der Waals surface area contributed by atoms with Crippen LogP contribution in [0.3, 0.4) is 0 Å². The molecule has 0 radical (unpaired) electrons. The maximum atomic E-state index is 2.52. The maximum Gasteiger partial charge on any atom is 0.0608 e. The van der Waals surface area contributed by atoms with Crippen LogP contribution in [0.2, 0.25) is 0 Å². The van der Waals surface area contributed by atoms with Crippen molar-refractivity contribution < 1.29 is 0 Å². The molecule has 0 N–H and O–H groups in total. The summed E-state index contributed by atoms with van der Waals surface area (Å²) in [5, 5.41) is 12.7. The van der Waals surface area contributed by atoms with Gasteiger partial charge in [0.25, 0.3) is 0 Å². The van der Waals surface area contributed by atoms with Crippen LogP contribution in [0.15, 0.2) is 204 Å². The second kappa shape index (κ2) is 12.0. The van der Waals surface area contributed by atoms with Gasteiger partial charge < -0.3 is 9.47 Å².